The zero-order chi connectivity index (χ0) is 34.1. The Morgan fingerprint density at radius 1 is 0.438 bits per heavy atom. The average Bonchev–Trinajstić information content (AvgIpc) is 3.49. The van der Waals surface area contributed by atoms with E-state index in [0.29, 0.717) is 44.4 Å². The number of nitriles is 2. The number of aryl methyl sites for hydroxylation is 2. The van der Waals surface area contributed by atoms with Crippen LogP contribution in [0.1, 0.15) is 22.3 Å². The molecular weight excluding hydrogens is 626 g/mol. The summed E-state index contributed by atoms with van der Waals surface area (Å²) in [5, 5.41) is 25.1. The van der Waals surface area contributed by atoms with Gasteiger partial charge in [-0.2, -0.15) is 46.9 Å². The van der Waals surface area contributed by atoms with Crippen molar-refractivity contribution in [3.05, 3.63) is 118 Å². The summed E-state index contributed by atoms with van der Waals surface area (Å²) in [6.45, 7) is 4.04. The van der Waals surface area contributed by atoms with Gasteiger partial charge >= 0.3 is 12.4 Å². The largest absolute Gasteiger partial charge is 0.416 e. The maximum Gasteiger partial charge on any atom is 0.416 e. The lowest BCUT2D eigenvalue weighted by Gasteiger charge is -2.14. The molecule has 7 rings (SSSR count). The Balaban J connectivity index is 1.50. The second kappa shape index (κ2) is 10.8. The first-order valence-corrected chi connectivity index (χ1v) is 14.6. The van der Waals surface area contributed by atoms with Crippen LogP contribution in [0.3, 0.4) is 0 Å². The minimum atomic E-state index is -5.00. The van der Waals surface area contributed by atoms with E-state index in [0.717, 1.165) is 38.4 Å². The summed E-state index contributed by atoms with van der Waals surface area (Å²) in [5.74, 6) is 0. The summed E-state index contributed by atoms with van der Waals surface area (Å²) in [5.41, 5.74) is 1.12. The van der Waals surface area contributed by atoms with Crippen LogP contribution >= 0.6 is 0 Å². The van der Waals surface area contributed by atoms with E-state index in [1.165, 1.54) is 12.1 Å². The normalized spacial score (nSPS) is 13.2. The van der Waals surface area contributed by atoms with E-state index in [4.69, 9.17) is 0 Å². The third-order valence-electron chi connectivity index (χ3n) is 8.60. The Hall–Kier alpha value is -6.00. The number of rotatable bonds is 2. The molecule has 0 atom stereocenters. The first-order chi connectivity index (χ1) is 22.8. The van der Waals surface area contributed by atoms with Crippen LogP contribution in [0.15, 0.2) is 94.9 Å². The smallest absolute Gasteiger partial charge is 0.172 e. The van der Waals surface area contributed by atoms with E-state index in [-0.39, 0.29) is 22.6 Å². The molecule has 0 aliphatic heterocycles. The molecule has 0 aromatic heterocycles. The molecule has 0 spiro atoms. The van der Waals surface area contributed by atoms with Crippen molar-refractivity contribution in [2.75, 3.05) is 0 Å². The van der Waals surface area contributed by atoms with Crippen LogP contribution in [0.4, 0.5) is 26.3 Å². The van der Waals surface area contributed by atoms with Gasteiger partial charge in [-0.1, -0.05) is 53.6 Å². The van der Waals surface area contributed by atoms with Gasteiger partial charge in [-0.25, -0.2) is 0 Å². The molecule has 0 aliphatic carbocycles. The zero-order valence-corrected chi connectivity index (χ0v) is 25.1. The van der Waals surface area contributed by atoms with E-state index < -0.39 is 23.5 Å². The molecule has 234 valence electrons. The van der Waals surface area contributed by atoms with Gasteiger partial charge in [0.05, 0.1) is 21.8 Å². The van der Waals surface area contributed by atoms with Crippen molar-refractivity contribution in [3.63, 3.8) is 0 Å². The predicted molar refractivity (Wildman–Crippen MR) is 172 cm³/mol. The molecule has 48 heavy (non-hydrogen) atoms. The fourth-order valence-corrected chi connectivity index (χ4v) is 6.64. The molecule has 4 nitrogen and oxygen atoms in total. The van der Waals surface area contributed by atoms with E-state index in [1.807, 2.05) is 50.4 Å². The molecular formula is C38H20F6N4. The van der Waals surface area contributed by atoms with Gasteiger partial charge in [-0.05, 0) is 100 Å². The van der Waals surface area contributed by atoms with Crippen molar-refractivity contribution < 1.29 is 26.3 Å². The second-order valence-corrected chi connectivity index (χ2v) is 11.8. The number of benzene rings is 5. The zero-order valence-electron chi connectivity index (χ0n) is 25.1. The van der Waals surface area contributed by atoms with Crippen LogP contribution in [0.25, 0.3) is 65.3 Å². The Morgan fingerprint density at radius 3 is 1.23 bits per heavy atom. The molecule has 0 amide bonds. The molecule has 0 bridgehead atoms. The summed E-state index contributed by atoms with van der Waals surface area (Å²) >= 11 is 0. The molecule has 7 aromatic rings. The molecule has 0 N–H and O–H groups in total. The molecule has 0 saturated carbocycles. The maximum absolute atomic E-state index is 13.6. The van der Waals surface area contributed by atoms with Crippen LogP contribution in [-0.4, -0.2) is 0 Å². The minimum absolute atomic E-state index is 0.0833. The average molecular weight is 647 g/mol. The highest BCUT2D eigenvalue weighted by Crippen LogP contribution is 2.40. The molecule has 0 heterocycles. The number of fused-ring (bicyclic) bond motifs is 6. The first kappa shape index (κ1) is 30.6. The predicted octanol–water partition coefficient (Wildman–Crippen LogP) is 9.93. The third kappa shape index (κ3) is 5.03. The Morgan fingerprint density at radius 2 is 0.833 bits per heavy atom. The lowest BCUT2D eigenvalue weighted by Crippen LogP contribution is -2.11. The third-order valence-corrected chi connectivity index (χ3v) is 8.60. The van der Waals surface area contributed by atoms with Gasteiger partial charge < -0.3 is 0 Å². The molecule has 10 heteroatoms. The summed E-state index contributed by atoms with van der Waals surface area (Å²) in [4.78, 5) is 8.22. The van der Waals surface area contributed by atoms with E-state index in [1.54, 1.807) is 12.3 Å². The van der Waals surface area contributed by atoms with Crippen LogP contribution in [0.2, 0.25) is 0 Å². The van der Waals surface area contributed by atoms with Crippen molar-refractivity contribution in [2.24, 2.45) is 9.98 Å². The van der Waals surface area contributed by atoms with Gasteiger partial charge in [0.2, 0.25) is 12.4 Å². The molecule has 0 aliphatic rings. The molecule has 0 radical (unpaired) electrons. The minimum Gasteiger partial charge on any atom is -0.172 e. The number of halogens is 6. The highest BCUT2D eigenvalue weighted by atomic mass is 19.4. The van der Waals surface area contributed by atoms with Gasteiger partial charge in [0.25, 0.3) is 0 Å². The second-order valence-electron chi connectivity index (χ2n) is 11.8. The molecule has 7 aromatic carbocycles. The van der Waals surface area contributed by atoms with E-state index in [2.05, 4.69) is 28.2 Å². The van der Waals surface area contributed by atoms with Gasteiger partial charge in [0.1, 0.15) is 0 Å². The summed E-state index contributed by atoms with van der Waals surface area (Å²) in [6.07, 6.45) is -6.32. The Labute approximate surface area is 268 Å². The molecule has 0 fully saturated rings. The van der Waals surface area contributed by atoms with Gasteiger partial charge in [0.15, 0.2) is 0 Å². The lowest BCUT2D eigenvalue weighted by molar-refractivity contribution is -0.143. The van der Waals surface area contributed by atoms with Crippen LogP contribution in [-0.2, 0) is 12.4 Å². The monoisotopic (exact) mass is 646 g/mol. The lowest BCUT2D eigenvalue weighted by atomic mass is 9.97. The molecule has 0 unspecified atom stereocenters. The Bertz CT molecular complexity index is 2640. The van der Waals surface area contributed by atoms with Crippen LogP contribution in [0, 0.1) is 36.8 Å². The SMILES string of the molecule is Cc1cc(C)cc(-c2ccc3c(c2)c(=NC#N)c2cc4c(cc23)c(=NC#N)c2cc(-c3cc(C(F)(F)F)cc(C(F)(F)F)c3)ccc24)c1. The van der Waals surface area contributed by atoms with Gasteiger partial charge in [0, 0.05) is 21.5 Å². The van der Waals surface area contributed by atoms with Gasteiger partial charge in [-0.3, -0.25) is 0 Å². The van der Waals surface area contributed by atoms with Crippen LogP contribution < -0.4 is 10.7 Å². The fraction of sp³-hybridized carbons (Fsp3) is 0.105. The quantitative estimate of drug-likeness (QED) is 0.139. The fourth-order valence-electron chi connectivity index (χ4n) is 6.64. The van der Waals surface area contributed by atoms with Crippen molar-refractivity contribution in [3.8, 4) is 34.6 Å². The number of hydrogen-bond donors (Lipinski definition) is 0. The molecule has 0 saturated heterocycles. The first-order valence-electron chi connectivity index (χ1n) is 14.6. The number of hydrogen-bond acceptors (Lipinski definition) is 4. The summed E-state index contributed by atoms with van der Waals surface area (Å²) in [7, 11) is 0. The van der Waals surface area contributed by atoms with Crippen molar-refractivity contribution in [1.29, 1.82) is 10.5 Å². The summed E-state index contributed by atoms with van der Waals surface area (Å²) < 4.78 is 81.6. The van der Waals surface area contributed by atoms with Gasteiger partial charge in [-0.15, -0.1) is 0 Å². The van der Waals surface area contributed by atoms with E-state index in [9.17, 15) is 36.9 Å². The van der Waals surface area contributed by atoms with Crippen LogP contribution in [0.5, 0.6) is 0 Å². The Kier molecular flexibility index (Phi) is 6.88. The van der Waals surface area contributed by atoms with Crippen molar-refractivity contribution in [2.45, 2.75) is 26.2 Å². The topological polar surface area (TPSA) is 72.3 Å². The highest BCUT2D eigenvalue weighted by Gasteiger charge is 2.37. The van der Waals surface area contributed by atoms with Crippen molar-refractivity contribution >= 4 is 43.1 Å². The highest BCUT2D eigenvalue weighted by molar-refractivity contribution is 6.21. The van der Waals surface area contributed by atoms with E-state index >= 15 is 0 Å². The number of nitrogens with zero attached hydrogens (tertiary/aromatic N) is 4. The standard InChI is InChI=1S/C38H20F6N4/c1-19-7-20(2)9-23(8-19)21-3-5-27-29-15-34-30(16-33(29)35(47-17-45)31(27)12-21)28-6-4-22(13-32(28)36(34)48-18-46)24-10-25(37(39,40)41)14-26(11-24)38(42,43)44/h3-16H,1-2H3. The summed E-state index contributed by atoms with van der Waals surface area (Å²) in [6, 6.07) is 21.7. The van der Waals surface area contributed by atoms with Crippen molar-refractivity contribution in [1.82, 2.24) is 0 Å². The number of alkyl halides is 6. The maximum atomic E-state index is 13.6.